The first-order valence-electron chi connectivity index (χ1n) is 9.48. The molecule has 1 atom stereocenters. The second-order valence-electron chi connectivity index (χ2n) is 6.94. The van der Waals surface area contributed by atoms with Crippen LogP contribution in [-0.4, -0.2) is 44.4 Å². The van der Waals surface area contributed by atoms with E-state index in [-0.39, 0.29) is 17.4 Å². The molecule has 4 heterocycles. The molecule has 0 radical (unpaired) electrons. The van der Waals surface area contributed by atoms with E-state index >= 15 is 0 Å². The molecule has 0 aromatic carbocycles. The van der Waals surface area contributed by atoms with E-state index in [1.54, 1.807) is 4.52 Å². The Morgan fingerprint density at radius 1 is 1.41 bits per heavy atom. The van der Waals surface area contributed by atoms with Gasteiger partial charge in [0.05, 0.1) is 12.6 Å². The molecule has 3 aromatic heterocycles. The summed E-state index contributed by atoms with van der Waals surface area (Å²) in [6, 6.07) is 5.49. The van der Waals surface area contributed by atoms with Crippen LogP contribution in [0, 0.1) is 17.2 Å². The molecule has 3 N–H and O–H groups in total. The van der Waals surface area contributed by atoms with Crippen LogP contribution in [0.3, 0.4) is 0 Å². The van der Waals surface area contributed by atoms with E-state index in [9.17, 15) is 5.26 Å². The Morgan fingerprint density at radius 3 is 3.03 bits per heavy atom. The van der Waals surface area contributed by atoms with Crippen molar-refractivity contribution in [2.45, 2.75) is 25.8 Å². The SMILES string of the molecule is C[C@H](Nc1ncnc(N)c1C#N)c1nc(OCC2CCOCC2)c2cccn2n1. The van der Waals surface area contributed by atoms with Gasteiger partial charge in [-0.2, -0.15) is 15.3 Å². The number of fused-ring (bicyclic) bond motifs is 1. The van der Waals surface area contributed by atoms with E-state index in [0.717, 1.165) is 31.6 Å². The summed E-state index contributed by atoms with van der Waals surface area (Å²) >= 11 is 0. The fourth-order valence-corrected chi connectivity index (χ4v) is 3.21. The highest BCUT2D eigenvalue weighted by molar-refractivity contribution is 5.62. The van der Waals surface area contributed by atoms with Crippen LogP contribution in [0.25, 0.3) is 5.52 Å². The van der Waals surface area contributed by atoms with Crippen LogP contribution in [0.15, 0.2) is 24.7 Å². The maximum absolute atomic E-state index is 9.32. The van der Waals surface area contributed by atoms with Gasteiger partial charge in [0.2, 0.25) is 5.88 Å². The fourth-order valence-electron chi connectivity index (χ4n) is 3.21. The maximum atomic E-state index is 9.32. The monoisotopic (exact) mass is 394 g/mol. The maximum Gasteiger partial charge on any atom is 0.241 e. The number of rotatable bonds is 6. The molecule has 1 aliphatic heterocycles. The van der Waals surface area contributed by atoms with Crippen molar-refractivity contribution in [2.24, 2.45) is 5.92 Å². The number of aromatic nitrogens is 5. The average Bonchev–Trinajstić information content (AvgIpc) is 3.22. The first-order chi connectivity index (χ1) is 14.2. The lowest BCUT2D eigenvalue weighted by atomic mass is 10.0. The molecule has 4 rings (SSSR count). The molecule has 0 spiro atoms. The molecular weight excluding hydrogens is 372 g/mol. The zero-order chi connectivity index (χ0) is 20.2. The third kappa shape index (κ3) is 4.05. The average molecular weight is 394 g/mol. The molecule has 1 aliphatic rings. The summed E-state index contributed by atoms with van der Waals surface area (Å²) in [7, 11) is 0. The summed E-state index contributed by atoms with van der Waals surface area (Å²) < 4.78 is 13.2. The van der Waals surface area contributed by atoms with Crippen molar-refractivity contribution in [2.75, 3.05) is 30.9 Å². The molecule has 0 bridgehead atoms. The van der Waals surface area contributed by atoms with Crippen LogP contribution in [0.4, 0.5) is 11.6 Å². The first kappa shape index (κ1) is 18.9. The van der Waals surface area contributed by atoms with Crippen molar-refractivity contribution in [1.82, 2.24) is 24.6 Å². The third-order valence-electron chi connectivity index (χ3n) is 4.90. The van der Waals surface area contributed by atoms with Gasteiger partial charge in [-0.1, -0.05) is 0 Å². The van der Waals surface area contributed by atoms with Crippen LogP contribution < -0.4 is 15.8 Å². The normalized spacial score (nSPS) is 15.7. The zero-order valence-corrected chi connectivity index (χ0v) is 16.1. The van der Waals surface area contributed by atoms with E-state index in [4.69, 9.17) is 15.2 Å². The van der Waals surface area contributed by atoms with Gasteiger partial charge in [0.25, 0.3) is 0 Å². The molecule has 3 aromatic rings. The number of hydrogen-bond donors (Lipinski definition) is 2. The number of hydrogen-bond acceptors (Lipinski definition) is 9. The standard InChI is InChI=1S/C19H22N8O2/c1-12(24-18-14(9-20)16(21)22-11-23-18)17-25-19(15-3-2-6-27(15)26-17)29-10-13-4-7-28-8-5-13/h2-3,6,11-13H,4-5,7-8,10H2,1H3,(H3,21,22,23,24)/t12-/m0/s1. The van der Waals surface area contributed by atoms with Gasteiger partial charge in [0, 0.05) is 19.4 Å². The van der Waals surface area contributed by atoms with Gasteiger partial charge >= 0.3 is 0 Å². The summed E-state index contributed by atoms with van der Waals surface area (Å²) in [5.41, 5.74) is 6.76. The molecular formula is C19H22N8O2. The number of nitrogen functional groups attached to an aromatic ring is 1. The van der Waals surface area contributed by atoms with Crippen molar-refractivity contribution in [3.63, 3.8) is 0 Å². The Bertz CT molecular complexity index is 1040. The second kappa shape index (κ2) is 8.28. The van der Waals surface area contributed by atoms with E-state index in [0.29, 0.717) is 30.0 Å². The number of nitrogens with zero attached hydrogens (tertiary/aromatic N) is 6. The first-order valence-corrected chi connectivity index (χ1v) is 9.48. The minimum atomic E-state index is -0.339. The van der Waals surface area contributed by atoms with Gasteiger partial charge in [0.1, 0.15) is 35.1 Å². The zero-order valence-electron chi connectivity index (χ0n) is 16.1. The van der Waals surface area contributed by atoms with E-state index in [2.05, 4.69) is 25.4 Å². The Balaban J connectivity index is 1.57. The minimum Gasteiger partial charge on any atom is -0.476 e. The van der Waals surface area contributed by atoms with Crippen LogP contribution in [0.2, 0.25) is 0 Å². The van der Waals surface area contributed by atoms with Crippen LogP contribution in [-0.2, 0) is 4.74 Å². The smallest absolute Gasteiger partial charge is 0.241 e. The Hall–Kier alpha value is -3.45. The van der Waals surface area contributed by atoms with E-state index in [1.165, 1.54) is 6.33 Å². The summed E-state index contributed by atoms with van der Waals surface area (Å²) in [5, 5.41) is 17.0. The molecule has 1 saturated heterocycles. The largest absolute Gasteiger partial charge is 0.476 e. The van der Waals surface area contributed by atoms with Gasteiger partial charge in [-0.15, -0.1) is 0 Å². The second-order valence-corrected chi connectivity index (χ2v) is 6.94. The predicted octanol–water partition coefficient (Wildman–Crippen LogP) is 1.95. The summed E-state index contributed by atoms with van der Waals surface area (Å²) in [6.07, 6.45) is 5.13. The van der Waals surface area contributed by atoms with Crippen molar-refractivity contribution >= 4 is 17.2 Å². The highest BCUT2D eigenvalue weighted by atomic mass is 16.5. The Labute approximate surface area is 167 Å². The van der Waals surface area contributed by atoms with Crippen LogP contribution in [0.5, 0.6) is 5.88 Å². The van der Waals surface area contributed by atoms with Crippen molar-refractivity contribution in [1.29, 1.82) is 5.26 Å². The van der Waals surface area contributed by atoms with Crippen LogP contribution in [0.1, 0.15) is 37.2 Å². The molecule has 1 fully saturated rings. The lowest BCUT2D eigenvalue weighted by Crippen LogP contribution is -2.22. The summed E-state index contributed by atoms with van der Waals surface area (Å²) in [4.78, 5) is 12.6. The quantitative estimate of drug-likeness (QED) is 0.642. The molecule has 10 nitrogen and oxygen atoms in total. The number of nitrogens with one attached hydrogen (secondary N) is 1. The predicted molar refractivity (Wildman–Crippen MR) is 105 cm³/mol. The highest BCUT2D eigenvalue weighted by Gasteiger charge is 2.19. The molecule has 0 amide bonds. The summed E-state index contributed by atoms with van der Waals surface area (Å²) in [6.45, 7) is 4.01. The molecule has 0 aliphatic carbocycles. The Morgan fingerprint density at radius 2 is 2.24 bits per heavy atom. The van der Waals surface area contributed by atoms with Gasteiger partial charge in [0.15, 0.2) is 5.82 Å². The van der Waals surface area contributed by atoms with E-state index < -0.39 is 0 Å². The van der Waals surface area contributed by atoms with Crippen LogP contribution >= 0.6 is 0 Å². The minimum absolute atomic E-state index is 0.125. The molecule has 150 valence electrons. The molecule has 0 unspecified atom stereocenters. The molecule has 0 saturated carbocycles. The lowest BCUT2D eigenvalue weighted by molar-refractivity contribution is 0.0491. The number of ether oxygens (including phenoxy) is 2. The van der Waals surface area contributed by atoms with E-state index in [1.807, 2.05) is 31.3 Å². The Kier molecular flexibility index (Phi) is 5.39. The lowest BCUT2D eigenvalue weighted by Gasteiger charge is -2.22. The fraction of sp³-hybridized carbons (Fsp3) is 0.421. The number of nitriles is 1. The van der Waals surface area contributed by atoms with Crippen molar-refractivity contribution < 1.29 is 9.47 Å². The third-order valence-corrected chi connectivity index (χ3v) is 4.90. The van der Waals surface area contributed by atoms with Gasteiger partial charge in [-0.05, 0) is 37.8 Å². The highest BCUT2D eigenvalue weighted by Crippen LogP contribution is 2.25. The van der Waals surface area contributed by atoms with Gasteiger partial charge < -0.3 is 20.5 Å². The van der Waals surface area contributed by atoms with Crippen molar-refractivity contribution in [3.05, 3.63) is 36.0 Å². The van der Waals surface area contributed by atoms with Crippen molar-refractivity contribution in [3.8, 4) is 11.9 Å². The summed E-state index contributed by atoms with van der Waals surface area (Å²) in [5.74, 6) is 1.96. The molecule has 10 heteroatoms. The number of anilines is 2. The number of nitrogens with two attached hydrogens (primary N) is 1. The topological polar surface area (TPSA) is 136 Å². The van der Waals surface area contributed by atoms with Gasteiger partial charge in [-0.3, -0.25) is 0 Å². The van der Waals surface area contributed by atoms with Gasteiger partial charge in [-0.25, -0.2) is 14.5 Å². The molecule has 29 heavy (non-hydrogen) atoms.